The number of ether oxygens (including phenoxy) is 2. The van der Waals surface area contributed by atoms with Gasteiger partial charge in [0.15, 0.2) is 5.69 Å². The summed E-state index contributed by atoms with van der Waals surface area (Å²) in [5.41, 5.74) is 3.84. The summed E-state index contributed by atoms with van der Waals surface area (Å²) in [4.78, 5) is 17.6. The minimum Gasteiger partial charge on any atom is -0.405 e. The Balaban J connectivity index is 1.70. The molecule has 1 N–H and O–H groups in total. The van der Waals surface area contributed by atoms with E-state index in [0.29, 0.717) is 18.8 Å². The molecule has 2 aliphatic heterocycles. The molecule has 2 saturated heterocycles. The summed E-state index contributed by atoms with van der Waals surface area (Å²) in [6.45, 7) is 4.32. The minimum atomic E-state index is -4.84. The van der Waals surface area contributed by atoms with Crippen molar-refractivity contribution in [2.45, 2.75) is 64.5 Å². The Kier molecular flexibility index (Phi) is 7.23. The lowest BCUT2D eigenvalue weighted by Crippen LogP contribution is -2.45. The van der Waals surface area contributed by atoms with Crippen molar-refractivity contribution in [1.82, 2.24) is 20.0 Å². The van der Waals surface area contributed by atoms with Gasteiger partial charge in [-0.3, -0.25) is 10.2 Å². The summed E-state index contributed by atoms with van der Waals surface area (Å²) in [6.07, 6.45) is 1.03. The average molecular weight is 467 g/mol. The smallest absolute Gasteiger partial charge is 0.405 e. The molecule has 0 saturated carbocycles. The second kappa shape index (κ2) is 10.1. The van der Waals surface area contributed by atoms with Gasteiger partial charge in [-0.15, -0.1) is 13.2 Å². The van der Waals surface area contributed by atoms with Crippen molar-refractivity contribution < 1.29 is 27.4 Å². The molecule has 1 aromatic carbocycles. The van der Waals surface area contributed by atoms with E-state index in [0.717, 1.165) is 51.6 Å². The predicted molar refractivity (Wildman–Crippen MR) is 116 cm³/mol. The van der Waals surface area contributed by atoms with Gasteiger partial charge in [0, 0.05) is 25.4 Å². The highest BCUT2D eigenvalue weighted by Gasteiger charge is 2.33. The molecule has 33 heavy (non-hydrogen) atoms. The van der Waals surface area contributed by atoms with E-state index in [9.17, 15) is 18.0 Å². The van der Waals surface area contributed by atoms with Crippen LogP contribution >= 0.6 is 0 Å². The SMILES string of the molecule is Cc1c(C(=O)NN2CCCCC2)nc(-c2ccccc2OC(F)(F)F)n1CC1CCCCO1. The van der Waals surface area contributed by atoms with Crippen LogP contribution in [-0.2, 0) is 11.3 Å². The fourth-order valence-corrected chi connectivity index (χ4v) is 4.40. The van der Waals surface area contributed by atoms with Crippen molar-refractivity contribution >= 4 is 5.91 Å². The Morgan fingerprint density at radius 3 is 2.64 bits per heavy atom. The molecule has 1 aromatic heterocycles. The number of carbonyl (C=O) groups is 1. The third kappa shape index (κ3) is 5.86. The minimum absolute atomic E-state index is 0.0981. The summed E-state index contributed by atoms with van der Waals surface area (Å²) >= 11 is 0. The first-order valence-corrected chi connectivity index (χ1v) is 11.4. The summed E-state index contributed by atoms with van der Waals surface area (Å²) < 4.78 is 51.0. The number of nitrogens with zero attached hydrogens (tertiary/aromatic N) is 3. The first-order chi connectivity index (χ1) is 15.8. The molecule has 3 heterocycles. The summed E-state index contributed by atoms with van der Waals surface area (Å²) in [5.74, 6) is -0.470. The Bertz CT molecular complexity index is 964. The van der Waals surface area contributed by atoms with Crippen LogP contribution in [0.1, 0.15) is 54.7 Å². The monoisotopic (exact) mass is 466 g/mol. The van der Waals surface area contributed by atoms with Crippen molar-refractivity contribution in [3.8, 4) is 17.1 Å². The first-order valence-electron chi connectivity index (χ1n) is 11.4. The zero-order valence-electron chi connectivity index (χ0n) is 18.7. The van der Waals surface area contributed by atoms with Crippen molar-refractivity contribution in [2.24, 2.45) is 0 Å². The molecule has 180 valence electrons. The number of rotatable bonds is 6. The number of alkyl halides is 3. The fourth-order valence-electron chi connectivity index (χ4n) is 4.40. The molecule has 1 amide bonds. The van der Waals surface area contributed by atoms with Crippen LogP contribution in [-0.4, -0.2) is 52.6 Å². The van der Waals surface area contributed by atoms with Crippen molar-refractivity contribution in [1.29, 1.82) is 0 Å². The Morgan fingerprint density at radius 2 is 1.94 bits per heavy atom. The normalized spacial score (nSPS) is 19.9. The van der Waals surface area contributed by atoms with Gasteiger partial charge in [-0.25, -0.2) is 9.99 Å². The van der Waals surface area contributed by atoms with Gasteiger partial charge >= 0.3 is 6.36 Å². The molecule has 1 atom stereocenters. The van der Waals surface area contributed by atoms with Gasteiger partial charge in [0.25, 0.3) is 5.91 Å². The molecule has 2 aromatic rings. The Hall–Kier alpha value is -2.59. The highest BCUT2D eigenvalue weighted by atomic mass is 19.4. The van der Waals surface area contributed by atoms with E-state index in [4.69, 9.17) is 4.74 Å². The maximum absolute atomic E-state index is 13.1. The van der Waals surface area contributed by atoms with Gasteiger partial charge in [-0.05, 0) is 51.2 Å². The average Bonchev–Trinajstić information content (AvgIpc) is 3.10. The van der Waals surface area contributed by atoms with E-state index in [1.807, 2.05) is 5.01 Å². The van der Waals surface area contributed by atoms with Crippen LogP contribution in [0.4, 0.5) is 13.2 Å². The molecule has 2 fully saturated rings. The van der Waals surface area contributed by atoms with Crippen LogP contribution in [0.5, 0.6) is 5.75 Å². The molecular weight excluding hydrogens is 437 g/mol. The first kappa shape index (κ1) is 23.6. The molecule has 4 rings (SSSR count). The van der Waals surface area contributed by atoms with E-state index >= 15 is 0 Å². The van der Waals surface area contributed by atoms with Crippen LogP contribution in [0.3, 0.4) is 0 Å². The van der Waals surface area contributed by atoms with Gasteiger partial charge in [0.1, 0.15) is 11.6 Å². The van der Waals surface area contributed by atoms with Gasteiger partial charge < -0.3 is 14.0 Å². The van der Waals surface area contributed by atoms with Crippen LogP contribution in [0.2, 0.25) is 0 Å². The highest BCUT2D eigenvalue weighted by molar-refractivity contribution is 5.94. The molecule has 0 bridgehead atoms. The lowest BCUT2D eigenvalue weighted by Gasteiger charge is -2.26. The van der Waals surface area contributed by atoms with Gasteiger partial charge in [-0.1, -0.05) is 18.6 Å². The predicted octanol–water partition coefficient (Wildman–Crippen LogP) is 4.46. The zero-order valence-corrected chi connectivity index (χ0v) is 18.7. The van der Waals surface area contributed by atoms with Gasteiger partial charge in [0.2, 0.25) is 0 Å². The van der Waals surface area contributed by atoms with E-state index in [1.54, 1.807) is 17.6 Å². The number of amides is 1. The third-order valence-electron chi connectivity index (χ3n) is 6.07. The number of para-hydroxylation sites is 1. The zero-order chi connectivity index (χ0) is 23.4. The second-order valence-electron chi connectivity index (χ2n) is 8.50. The van der Waals surface area contributed by atoms with Crippen LogP contribution < -0.4 is 10.2 Å². The third-order valence-corrected chi connectivity index (χ3v) is 6.07. The maximum Gasteiger partial charge on any atom is 0.573 e. The number of halogens is 3. The quantitative estimate of drug-likeness (QED) is 0.681. The van der Waals surface area contributed by atoms with E-state index in [1.165, 1.54) is 18.2 Å². The standard InChI is InChI=1S/C23H29F3N4O3/c1-16-20(22(31)28-29-12-6-2-7-13-29)27-21(30(16)15-17-9-5-8-14-32-17)18-10-3-4-11-19(18)33-23(24,25)26/h3-4,10-11,17H,2,5-9,12-15H2,1H3,(H,28,31). The Morgan fingerprint density at radius 1 is 1.18 bits per heavy atom. The lowest BCUT2D eigenvalue weighted by atomic mass is 10.1. The number of piperidine rings is 1. The van der Waals surface area contributed by atoms with Gasteiger partial charge in [0.05, 0.1) is 18.2 Å². The highest BCUT2D eigenvalue weighted by Crippen LogP contribution is 2.35. The largest absolute Gasteiger partial charge is 0.573 e. The summed E-state index contributed by atoms with van der Waals surface area (Å²) in [5, 5.41) is 1.87. The van der Waals surface area contributed by atoms with Crippen LogP contribution in [0, 0.1) is 6.92 Å². The van der Waals surface area contributed by atoms with Gasteiger partial charge in [-0.2, -0.15) is 0 Å². The number of hydrazine groups is 1. The summed E-state index contributed by atoms with van der Waals surface area (Å²) in [7, 11) is 0. The molecule has 7 nitrogen and oxygen atoms in total. The second-order valence-corrected chi connectivity index (χ2v) is 8.50. The number of imidazole rings is 1. The molecule has 1 unspecified atom stereocenters. The molecule has 0 radical (unpaired) electrons. The van der Waals surface area contributed by atoms with E-state index in [2.05, 4.69) is 15.1 Å². The number of hydrogen-bond donors (Lipinski definition) is 1. The molecule has 10 heteroatoms. The lowest BCUT2D eigenvalue weighted by molar-refractivity contribution is -0.274. The number of aromatic nitrogens is 2. The maximum atomic E-state index is 13.1. The molecule has 2 aliphatic rings. The van der Waals surface area contributed by atoms with Crippen LogP contribution in [0.25, 0.3) is 11.4 Å². The number of carbonyl (C=O) groups excluding carboxylic acids is 1. The fraction of sp³-hybridized carbons (Fsp3) is 0.565. The van der Waals surface area contributed by atoms with Crippen molar-refractivity contribution in [3.05, 3.63) is 35.7 Å². The number of benzene rings is 1. The summed E-state index contributed by atoms with van der Waals surface area (Å²) in [6, 6.07) is 5.87. The van der Waals surface area contributed by atoms with Crippen LogP contribution in [0.15, 0.2) is 24.3 Å². The number of hydrogen-bond acceptors (Lipinski definition) is 5. The topological polar surface area (TPSA) is 68.6 Å². The van der Waals surface area contributed by atoms with Crippen molar-refractivity contribution in [3.63, 3.8) is 0 Å². The number of nitrogens with one attached hydrogen (secondary N) is 1. The van der Waals surface area contributed by atoms with Crippen molar-refractivity contribution in [2.75, 3.05) is 19.7 Å². The molecular formula is C23H29F3N4O3. The van der Waals surface area contributed by atoms with E-state index < -0.39 is 6.36 Å². The molecule has 0 spiro atoms. The van der Waals surface area contributed by atoms with E-state index in [-0.39, 0.29) is 34.8 Å². The molecule has 0 aliphatic carbocycles. The Labute approximate surface area is 190 Å².